The number of ether oxygens (including phenoxy) is 2. The molecule has 1 aliphatic rings. The van der Waals surface area contributed by atoms with Crippen LogP contribution in [0.15, 0.2) is 18.2 Å². The van der Waals surface area contributed by atoms with Gasteiger partial charge in [-0.3, -0.25) is 0 Å². The highest BCUT2D eigenvalue weighted by molar-refractivity contribution is 7.80. The molecule has 1 fully saturated rings. The Morgan fingerprint density at radius 2 is 2.17 bits per heavy atom. The quantitative estimate of drug-likeness (QED) is 0.851. The summed E-state index contributed by atoms with van der Waals surface area (Å²) < 4.78 is 24.6. The molecule has 5 heteroatoms. The molecule has 0 saturated carbocycles. The Morgan fingerprint density at radius 1 is 1.44 bits per heavy atom. The molecular formula is C13H16FNO2S. The number of hydrogen-bond donors (Lipinski definition) is 1. The molecule has 98 valence electrons. The van der Waals surface area contributed by atoms with Crippen molar-refractivity contribution in [2.45, 2.75) is 25.6 Å². The Hall–Kier alpha value is -1.04. The van der Waals surface area contributed by atoms with E-state index in [1.165, 1.54) is 6.07 Å². The van der Waals surface area contributed by atoms with Crippen molar-refractivity contribution in [3.05, 3.63) is 35.1 Å². The molecule has 0 atom stereocenters. The zero-order chi connectivity index (χ0) is 13.0. The van der Waals surface area contributed by atoms with Crippen molar-refractivity contribution in [1.29, 1.82) is 0 Å². The van der Waals surface area contributed by atoms with Crippen molar-refractivity contribution in [3.63, 3.8) is 0 Å². The van der Waals surface area contributed by atoms with Crippen molar-refractivity contribution >= 4 is 17.2 Å². The molecule has 18 heavy (non-hydrogen) atoms. The third-order valence-corrected chi connectivity index (χ3v) is 3.22. The van der Waals surface area contributed by atoms with Gasteiger partial charge in [-0.05, 0) is 18.9 Å². The molecule has 0 spiro atoms. The van der Waals surface area contributed by atoms with E-state index in [0.717, 1.165) is 12.8 Å². The van der Waals surface area contributed by atoms with Gasteiger partial charge in [0.1, 0.15) is 10.8 Å². The molecule has 2 rings (SSSR count). The second-order valence-corrected chi connectivity index (χ2v) is 4.73. The largest absolute Gasteiger partial charge is 0.389 e. The first kappa shape index (κ1) is 13.4. The predicted molar refractivity (Wildman–Crippen MR) is 70.9 cm³/mol. The van der Waals surface area contributed by atoms with Gasteiger partial charge in [0, 0.05) is 24.3 Å². The number of halogens is 1. The molecule has 0 amide bonds. The first-order valence-corrected chi connectivity index (χ1v) is 6.35. The zero-order valence-corrected chi connectivity index (χ0v) is 10.8. The first-order chi connectivity index (χ1) is 8.66. The van der Waals surface area contributed by atoms with Crippen LogP contribution >= 0.6 is 12.2 Å². The monoisotopic (exact) mass is 269 g/mol. The summed E-state index contributed by atoms with van der Waals surface area (Å²) in [5.74, 6) is -0.327. The molecule has 0 unspecified atom stereocenters. The Labute approximate surface area is 111 Å². The van der Waals surface area contributed by atoms with E-state index >= 15 is 0 Å². The molecular weight excluding hydrogens is 253 g/mol. The molecule has 0 radical (unpaired) electrons. The molecule has 1 saturated heterocycles. The Kier molecular flexibility index (Phi) is 4.63. The fraction of sp³-hybridized carbons (Fsp3) is 0.462. The van der Waals surface area contributed by atoms with Crippen molar-refractivity contribution in [1.82, 2.24) is 0 Å². The van der Waals surface area contributed by atoms with Crippen molar-refractivity contribution < 1.29 is 13.9 Å². The smallest absolute Gasteiger partial charge is 0.129 e. The van der Waals surface area contributed by atoms with E-state index in [9.17, 15) is 4.39 Å². The van der Waals surface area contributed by atoms with Crippen molar-refractivity contribution in [2.24, 2.45) is 5.73 Å². The summed E-state index contributed by atoms with van der Waals surface area (Å²) in [5, 5.41) is 0. The van der Waals surface area contributed by atoms with Gasteiger partial charge < -0.3 is 15.2 Å². The highest BCUT2D eigenvalue weighted by Crippen LogP contribution is 2.16. The number of benzene rings is 1. The van der Waals surface area contributed by atoms with Gasteiger partial charge in [-0.1, -0.05) is 24.4 Å². The van der Waals surface area contributed by atoms with Crippen LogP contribution in [0, 0.1) is 5.82 Å². The van der Waals surface area contributed by atoms with Gasteiger partial charge in [0.25, 0.3) is 0 Å². The second kappa shape index (κ2) is 6.22. The molecule has 2 N–H and O–H groups in total. The van der Waals surface area contributed by atoms with Gasteiger partial charge in [0.15, 0.2) is 0 Å². The van der Waals surface area contributed by atoms with Crippen LogP contribution in [0.3, 0.4) is 0 Å². The summed E-state index contributed by atoms with van der Waals surface area (Å²) in [5.41, 5.74) is 6.51. The lowest BCUT2D eigenvalue weighted by Gasteiger charge is -2.22. The van der Waals surface area contributed by atoms with Crippen LogP contribution in [0.2, 0.25) is 0 Å². The van der Waals surface area contributed by atoms with Gasteiger partial charge in [-0.15, -0.1) is 0 Å². The van der Waals surface area contributed by atoms with E-state index in [4.69, 9.17) is 27.4 Å². The normalized spacial score (nSPS) is 16.7. The highest BCUT2D eigenvalue weighted by atomic mass is 32.1. The van der Waals surface area contributed by atoms with Gasteiger partial charge in [0.2, 0.25) is 0 Å². The molecule has 1 aromatic rings. The van der Waals surface area contributed by atoms with E-state index in [1.807, 2.05) is 0 Å². The Morgan fingerprint density at radius 3 is 2.78 bits per heavy atom. The zero-order valence-electron chi connectivity index (χ0n) is 10.0. The van der Waals surface area contributed by atoms with Gasteiger partial charge in [-0.25, -0.2) is 4.39 Å². The van der Waals surface area contributed by atoms with E-state index < -0.39 is 0 Å². The van der Waals surface area contributed by atoms with Crippen molar-refractivity contribution in [2.75, 3.05) is 13.2 Å². The van der Waals surface area contributed by atoms with E-state index in [0.29, 0.717) is 24.3 Å². The Bertz CT molecular complexity index is 433. The van der Waals surface area contributed by atoms with E-state index in [1.54, 1.807) is 12.1 Å². The standard InChI is InChI=1S/C13H16FNO2S/c14-12-7-9(13(15)18)1-2-10(12)8-17-11-3-5-16-6-4-11/h1-2,7,11H,3-6,8H2,(H2,15,18). The minimum absolute atomic E-state index is 0.161. The highest BCUT2D eigenvalue weighted by Gasteiger charge is 2.15. The SMILES string of the molecule is NC(=S)c1ccc(COC2CCOCC2)c(F)c1. The van der Waals surface area contributed by atoms with Gasteiger partial charge in [-0.2, -0.15) is 0 Å². The maximum absolute atomic E-state index is 13.7. The average molecular weight is 269 g/mol. The lowest BCUT2D eigenvalue weighted by Crippen LogP contribution is -2.23. The first-order valence-electron chi connectivity index (χ1n) is 5.94. The van der Waals surface area contributed by atoms with Gasteiger partial charge in [0.05, 0.1) is 12.7 Å². The minimum Gasteiger partial charge on any atom is -0.389 e. The fourth-order valence-corrected chi connectivity index (χ4v) is 1.99. The molecule has 1 aromatic carbocycles. The van der Waals surface area contributed by atoms with Gasteiger partial charge >= 0.3 is 0 Å². The topological polar surface area (TPSA) is 44.5 Å². The van der Waals surface area contributed by atoms with Crippen LogP contribution in [-0.4, -0.2) is 24.3 Å². The maximum Gasteiger partial charge on any atom is 0.129 e. The number of hydrogen-bond acceptors (Lipinski definition) is 3. The Balaban J connectivity index is 1.94. The summed E-state index contributed by atoms with van der Waals surface area (Å²) >= 11 is 4.80. The summed E-state index contributed by atoms with van der Waals surface area (Å²) in [4.78, 5) is 0.200. The average Bonchev–Trinajstić information content (AvgIpc) is 2.38. The number of rotatable bonds is 4. The predicted octanol–water partition coefficient (Wildman–Crippen LogP) is 2.16. The minimum atomic E-state index is -0.327. The van der Waals surface area contributed by atoms with Crippen LogP contribution in [0.5, 0.6) is 0 Å². The maximum atomic E-state index is 13.7. The summed E-state index contributed by atoms with van der Waals surface area (Å²) in [6.45, 7) is 1.70. The molecule has 0 aliphatic carbocycles. The molecule has 1 aliphatic heterocycles. The van der Waals surface area contributed by atoms with Crippen LogP contribution in [0.25, 0.3) is 0 Å². The number of thiocarbonyl (C=S) groups is 1. The van der Waals surface area contributed by atoms with Crippen LogP contribution in [-0.2, 0) is 16.1 Å². The third-order valence-electron chi connectivity index (χ3n) is 2.98. The second-order valence-electron chi connectivity index (χ2n) is 4.29. The molecule has 1 heterocycles. The summed E-state index contributed by atoms with van der Waals surface area (Å²) in [6, 6.07) is 4.74. The fourth-order valence-electron chi connectivity index (χ4n) is 1.87. The summed E-state index contributed by atoms with van der Waals surface area (Å²) in [7, 11) is 0. The van der Waals surface area contributed by atoms with Crippen LogP contribution in [0.1, 0.15) is 24.0 Å². The van der Waals surface area contributed by atoms with Crippen LogP contribution < -0.4 is 5.73 Å². The molecule has 0 aromatic heterocycles. The van der Waals surface area contributed by atoms with Crippen molar-refractivity contribution in [3.8, 4) is 0 Å². The third kappa shape index (κ3) is 3.48. The van der Waals surface area contributed by atoms with E-state index in [-0.39, 0.29) is 23.5 Å². The lowest BCUT2D eigenvalue weighted by atomic mass is 10.1. The van der Waals surface area contributed by atoms with E-state index in [2.05, 4.69) is 0 Å². The van der Waals surface area contributed by atoms with Crippen LogP contribution in [0.4, 0.5) is 4.39 Å². The molecule has 0 bridgehead atoms. The number of nitrogens with two attached hydrogens (primary N) is 1. The molecule has 3 nitrogen and oxygen atoms in total. The lowest BCUT2D eigenvalue weighted by molar-refractivity contribution is -0.0397. The summed E-state index contributed by atoms with van der Waals surface area (Å²) in [6.07, 6.45) is 1.90.